The number of aliphatic hydroxyl groups excluding tert-OH is 2. The Kier molecular flexibility index (Phi) is 3.88. The molecule has 0 aromatic heterocycles. The second-order valence-electron chi connectivity index (χ2n) is 9.39. The van der Waals surface area contributed by atoms with Crippen molar-refractivity contribution < 1.29 is 24.5 Å². The Labute approximate surface area is 149 Å². The van der Waals surface area contributed by atoms with Gasteiger partial charge in [0.15, 0.2) is 0 Å². The molecule has 0 bridgehead atoms. The molecule has 25 heavy (non-hydrogen) atoms. The maximum absolute atomic E-state index is 11.8. The number of carbonyl (C=O) groups excluding carboxylic acids is 1. The van der Waals surface area contributed by atoms with Crippen LogP contribution in [0.15, 0.2) is 11.6 Å². The third-order valence-corrected chi connectivity index (χ3v) is 7.85. The second-order valence-corrected chi connectivity index (χ2v) is 9.39. The molecule has 4 rings (SSSR count). The van der Waals surface area contributed by atoms with Crippen molar-refractivity contribution in [3.8, 4) is 0 Å². The molecule has 6 unspecified atom stereocenters. The lowest BCUT2D eigenvalue weighted by atomic mass is 9.45. The fourth-order valence-corrected chi connectivity index (χ4v) is 6.21. The summed E-state index contributed by atoms with van der Waals surface area (Å²) in [6.07, 6.45) is 5.44. The summed E-state index contributed by atoms with van der Waals surface area (Å²) in [4.78, 5) is 11.8. The van der Waals surface area contributed by atoms with Crippen LogP contribution < -0.4 is 0 Å². The standard InChI is InChI=1S/C20H30O5/c1-18(2)14-6-9-20(11-25-20)15(19(14,3)8-7-16(18)22)5-4-12-13(21)10-24-17(12)23/h4,13-16,21-22H,5-11H2,1-3H3. The quantitative estimate of drug-likeness (QED) is 0.453. The Morgan fingerprint density at radius 1 is 1.20 bits per heavy atom. The van der Waals surface area contributed by atoms with Crippen LogP contribution in [0.5, 0.6) is 0 Å². The lowest BCUT2D eigenvalue weighted by molar-refractivity contribution is -0.153. The molecule has 2 N–H and O–H groups in total. The van der Waals surface area contributed by atoms with E-state index in [2.05, 4.69) is 20.8 Å². The highest BCUT2D eigenvalue weighted by molar-refractivity contribution is 5.91. The molecular formula is C20H30O5. The molecule has 140 valence electrons. The van der Waals surface area contributed by atoms with Crippen LogP contribution in [0.25, 0.3) is 0 Å². The summed E-state index contributed by atoms with van der Waals surface area (Å²) in [6, 6.07) is 0. The Morgan fingerprint density at radius 3 is 2.52 bits per heavy atom. The molecule has 0 aromatic carbocycles. The molecule has 4 aliphatic rings. The molecule has 1 spiro atoms. The average molecular weight is 350 g/mol. The van der Waals surface area contributed by atoms with Gasteiger partial charge in [0.25, 0.3) is 0 Å². The van der Waals surface area contributed by atoms with Crippen LogP contribution in [0, 0.1) is 22.7 Å². The first-order chi connectivity index (χ1) is 11.7. The van der Waals surface area contributed by atoms with E-state index in [0.29, 0.717) is 17.4 Å². The van der Waals surface area contributed by atoms with E-state index in [1.165, 1.54) is 0 Å². The maximum atomic E-state index is 11.8. The largest absolute Gasteiger partial charge is 0.459 e. The summed E-state index contributed by atoms with van der Waals surface area (Å²) in [6.45, 7) is 7.59. The Morgan fingerprint density at radius 2 is 1.92 bits per heavy atom. The van der Waals surface area contributed by atoms with E-state index < -0.39 is 12.1 Å². The zero-order valence-corrected chi connectivity index (χ0v) is 15.5. The summed E-state index contributed by atoms with van der Waals surface area (Å²) in [5.74, 6) is 0.344. The van der Waals surface area contributed by atoms with E-state index >= 15 is 0 Å². The molecule has 2 aliphatic heterocycles. The predicted molar refractivity (Wildman–Crippen MR) is 91.7 cm³/mol. The summed E-state index contributed by atoms with van der Waals surface area (Å²) < 4.78 is 10.9. The molecule has 4 fully saturated rings. The van der Waals surface area contributed by atoms with Crippen LogP contribution in [0.3, 0.4) is 0 Å². The number of hydrogen-bond donors (Lipinski definition) is 2. The van der Waals surface area contributed by atoms with Gasteiger partial charge in [-0.25, -0.2) is 4.79 Å². The fraction of sp³-hybridized carbons (Fsp3) is 0.850. The van der Waals surface area contributed by atoms with Gasteiger partial charge < -0.3 is 19.7 Å². The number of carbonyl (C=O) groups is 1. The van der Waals surface area contributed by atoms with Crippen LogP contribution in [0.4, 0.5) is 0 Å². The van der Waals surface area contributed by atoms with Gasteiger partial charge in [0.2, 0.25) is 0 Å². The molecule has 5 nitrogen and oxygen atoms in total. The first-order valence-electron chi connectivity index (χ1n) is 9.58. The highest BCUT2D eigenvalue weighted by Gasteiger charge is 2.66. The van der Waals surface area contributed by atoms with Crippen molar-refractivity contribution in [2.45, 2.75) is 70.7 Å². The first-order valence-corrected chi connectivity index (χ1v) is 9.58. The highest BCUT2D eigenvalue weighted by Crippen LogP contribution is 2.66. The average Bonchev–Trinajstić information content (AvgIpc) is 3.24. The minimum atomic E-state index is -0.805. The zero-order valence-electron chi connectivity index (χ0n) is 15.5. The number of allylic oxidation sites excluding steroid dienone is 1. The van der Waals surface area contributed by atoms with Crippen molar-refractivity contribution in [1.29, 1.82) is 0 Å². The Balaban J connectivity index is 1.65. The van der Waals surface area contributed by atoms with Crippen molar-refractivity contribution in [1.82, 2.24) is 0 Å². The third-order valence-electron chi connectivity index (χ3n) is 7.85. The number of esters is 1. The SMILES string of the molecule is CC1(C)C(O)CCC2(C)C(CC=C3C(=O)OCC3O)C3(CCC12)CO3. The van der Waals surface area contributed by atoms with Crippen LogP contribution >= 0.6 is 0 Å². The van der Waals surface area contributed by atoms with Gasteiger partial charge in [0.1, 0.15) is 12.7 Å². The summed E-state index contributed by atoms with van der Waals surface area (Å²) >= 11 is 0. The van der Waals surface area contributed by atoms with E-state index in [1.54, 1.807) is 0 Å². The van der Waals surface area contributed by atoms with E-state index in [0.717, 1.165) is 38.7 Å². The fourth-order valence-electron chi connectivity index (χ4n) is 6.21. The van der Waals surface area contributed by atoms with Gasteiger partial charge >= 0.3 is 5.97 Å². The highest BCUT2D eigenvalue weighted by atomic mass is 16.6. The van der Waals surface area contributed by atoms with Crippen molar-refractivity contribution in [3.05, 3.63) is 11.6 Å². The molecular weight excluding hydrogens is 320 g/mol. The number of hydrogen-bond acceptors (Lipinski definition) is 5. The minimum absolute atomic E-state index is 0.0656. The molecule has 2 aliphatic carbocycles. The normalized spacial score (nSPS) is 50.0. The number of cyclic esters (lactones) is 1. The lowest BCUT2D eigenvalue weighted by Gasteiger charge is -2.60. The van der Waals surface area contributed by atoms with Crippen LogP contribution in [0.2, 0.25) is 0 Å². The third kappa shape index (κ3) is 2.50. The van der Waals surface area contributed by atoms with Gasteiger partial charge in [-0.1, -0.05) is 26.8 Å². The molecule has 2 saturated carbocycles. The Hall–Kier alpha value is -0.910. The molecule has 2 heterocycles. The number of epoxide rings is 1. The predicted octanol–water partition coefficient (Wildman–Crippen LogP) is 2.20. The Bertz CT molecular complexity index is 605. The minimum Gasteiger partial charge on any atom is -0.459 e. The molecule has 6 atom stereocenters. The molecule has 0 amide bonds. The molecule has 0 radical (unpaired) electrons. The van der Waals surface area contributed by atoms with Crippen LogP contribution in [-0.2, 0) is 14.3 Å². The maximum Gasteiger partial charge on any atom is 0.336 e. The van der Waals surface area contributed by atoms with Gasteiger partial charge in [-0.2, -0.15) is 0 Å². The number of rotatable bonds is 2. The van der Waals surface area contributed by atoms with Gasteiger partial charge in [0, 0.05) is 0 Å². The van der Waals surface area contributed by atoms with Gasteiger partial charge in [-0.3, -0.25) is 0 Å². The smallest absolute Gasteiger partial charge is 0.336 e. The van der Waals surface area contributed by atoms with Crippen LogP contribution in [0.1, 0.15) is 52.9 Å². The van der Waals surface area contributed by atoms with Crippen molar-refractivity contribution >= 4 is 5.97 Å². The van der Waals surface area contributed by atoms with E-state index in [9.17, 15) is 15.0 Å². The second kappa shape index (κ2) is 5.54. The van der Waals surface area contributed by atoms with E-state index in [4.69, 9.17) is 9.47 Å². The molecule has 2 saturated heterocycles. The topological polar surface area (TPSA) is 79.3 Å². The monoisotopic (exact) mass is 350 g/mol. The van der Waals surface area contributed by atoms with Gasteiger partial charge in [0.05, 0.1) is 23.9 Å². The number of ether oxygens (including phenoxy) is 2. The molecule has 0 aromatic rings. The number of aliphatic hydroxyl groups is 2. The van der Waals surface area contributed by atoms with Crippen molar-refractivity contribution in [3.63, 3.8) is 0 Å². The summed E-state index contributed by atoms with van der Waals surface area (Å²) in [7, 11) is 0. The van der Waals surface area contributed by atoms with Crippen molar-refractivity contribution in [2.24, 2.45) is 22.7 Å². The van der Waals surface area contributed by atoms with E-state index in [1.807, 2.05) is 6.08 Å². The van der Waals surface area contributed by atoms with Crippen LogP contribution in [-0.4, -0.2) is 47.2 Å². The molecule has 5 heteroatoms. The lowest BCUT2D eigenvalue weighted by Crippen LogP contribution is -2.58. The van der Waals surface area contributed by atoms with Gasteiger partial charge in [-0.15, -0.1) is 0 Å². The van der Waals surface area contributed by atoms with E-state index in [-0.39, 0.29) is 29.1 Å². The number of fused-ring (bicyclic) bond motifs is 1. The zero-order chi connectivity index (χ0) is 18.0. The first kappa shape index (κ1) is 17.5. The van der Waals surface area contributed by atoms with Gasteiger partial charge in [-0.05, 0) is 54.8 Å². The van der Waals surface area contributed by atoms with Crippen molar-refractivity contribution in [2.75, 3.05) is 13.2 Å². The summed E-state index contributed by atoms with van der Waals surface area (Å²) in [5, 5.41) is 20.5. The summed E-state index contributed by atoms with van der Waals surface area (Å²) in [5.41, 5.74) is 0.285.